The minimum absolute atomic E-state index is 0.232. The Labute approximate surface area is 121 Å². The molecule has 1 aromatic rings. The summed E-state index contributed by atoms with van der Waals surface area (Å²) in [5.41, 5.74) is 0.232. The number of likely N-dealkylation sites (tertiary alicyclic amines) is 1. The summed E-state index contributed by atoms with van der Waals surface area (Å²) in [6, 6.07) is 0. The number of thiazole rings is 1. The van der Waals surface area contributed by atoms with E-state index in [0.717, 1.165) is 12.5 Å². The smallest absolute Gasteiger partial charge is 0.107 e. The minimum Gasteiger partial charge on any atom is -0.319 e. The molecule has 0 aromatic carbocycles. The molecule has 0 spiro atoms. The maximum atomic E-state index is 4.60. The molecule has 3 nitrogen and oxygen atoms in total. The van der Waals surface area contributed by atoms with E-state index in [4.69, 9.17) is 0 Å². The molecule has 0 amide bonds. The van der Waals surface area contributed by atoms with Gasteiger partial charge in [-0.05, 0) is 50.9 Å². The highest BCUT2D eigenvalue weighted by molar-refractivity contribution is 7.11. The highest BCUT2D eigenvalue weighted by Gasteiger charge is 2.21. The molecule has 1 saturated heterocycles. The van der Waals surface area contributed by atoms with E-state index < -0.39 is 0 Å². The normalized spacial score (nSPS) is 18.9. The van der Waals surface area contributed by atoms with Crippen molar-refractivity contribution < 1.29 is 0 Å². The van der Waals surface area contributed by atoms with Gasteiger partial charge in [0.2, 0.25) is 0 Å². The first kappa shape index (κ1) is 14.9. The van der Waals surface area contributed by atoms with Crippen LogP contribution in [0.4, 0.5) is 0 Å². The number of rotatable bonds is 4. The topological polar surface area (TPSA) is 28.2 Å². The van der Waals surface area contributed by atoms with Gasteiger partial charge in [-0.15, -0.1) is 11.3 Å². The van der Waals surface area contributed by atoms with Gasteiger partial charge in [0.15, 0.2) is 0 Å². The fraction of sp³-hybridized carbons (Fsp3) is 0.800. The quantitative estimate of drug-likeness (QED) is 0.920. The molecule has 0 aliphatic carbocycles. The number of hydrogen-bond donors (Lipinski definition) is 1. The number of nitrogens with zero attached hydrogens (tertiary/aromatic N) is 2. The van der Waals surface area contributed by atoms with E-state index in [1.165, 1.54) is 42.4 Å². The van der Waals surface area contributed by atoms with Crippen molar-refractivity contribution in [2.24, 2.45) is 5.92 Å². The van der Waals surface area contributed by atoms with Crippen LogP contribution in [-0.4, -0.2) is 36.6 Å². The highest BCUT2D eigenvalue weighted by Crippen LogP contribution is 2.28. The third kappa shape index (κ3) is 4.26. The van der Waals surface area contributed by atoms with Crippen LogP contribution in [0, 0.1) is 5.92 Å². The molecule has 4 heteroatoms. The summed E-state index contributed by atoms with van der Waals surface area (Å²) >= 11 is 1.88. The van der Waals surface area contributed by atoms with E-state index in [2.05, 4.69) is 49.2 Å². The van der Waals surface area contributed by atoms with Crippen LogP contribution in [0.1, 0.15) is 43.5 Å². The van der Waals surface area contributed by atoms with Gasteiger partial charge >= 0.3 is 0 Å². The molecule has 1 aliphatic rings. The molecule has 2 rings (SSSR count). The lowest BCUT2D eigenvalue weighted by Gasteiger charge is -2.31. The molecule has 0 radical (unpaired) electrons. The van der Waals surface area contributed by atoms with Gasteiger partial charge in [-0.2, -0.15) is 0 Å². The summed E-state index contributed by atoms with van der Waals surface area (Å²) in [5, 5.41) is 4.57. The summed E-state index contributed by atoms with van der Waals surface area (Å²) in [5.74, 6) is 0.864. The predicted octanol–water partition coefficient (Wildman–Crippen LogP) is 2.87. The molecule has 108 valence electrons. The lowest BCUT2D eigenvalue weighted by Crippen LogP contribution is -2.36. The Kier molecular flexibility index (Phi) is 4.98. The van der Waals surface area contributed by atoms with Crippen molar-refractivity contribution >= 4 is 11.3 Å². The Morgan fingerprint density at radius 2 is 2.05 bits per heavy atom. The largest absolute Gasteiger partial charge is 0.319 e. The molecular formula is C15H27N3S. The first-order chi connectivity index (χ1) is 8.99. The van der Waals surface area contributed by atoms with Crippen molar-refractivity contribution in [1.82, 2.24) is 15.2 Å². The first-order valence-corrected chi connectivity index (χ1v) is 8.13. The number of piperidine rings is 1. The van der Waals surface area contributed by atoms with E-state index in [-0.39, 0.29) is 5.41 Å². The second kappa shape index (κ2) is 6.33. The van der Waals surface area contributed by atoms with E-state index in [1.807, 2.05) is 11.3 Å². The second-order valence-corrected chi connectivity index (χ2v) is 7.76. The molecule has 1 aromatic heterocycles. The molecule has 1 N–H and O–H groups in total. The number of nitrogens with one attached hydrogen (secondary N) is 1. The Bertz CT molecular complexity index is 386. The van der Waals surface area contributed by atoms with Crippen molar-refractivity contribution in [3.05, 3.63) is 16.1 Å². The average Bonchev–Trinajstić information content (AvgIpc) is 2.80. The van der Waals surface area contributed by atoms with Crippen LogP contribution in [0.15, 0.2) is 6.20 Å². The zero-order valence-electron chi connectivity index (χ0n) is 12.7. The van der Waals surface area contributed by atoms with Crippen molar-refractivity contribution in [3.63, 3.8) is 0 Å². The van der Waals surface area contributed by atoms with Gasteiger partial charge in [0.25, 0.3) is 0 Å². The van der Waals surface area contributed by atoms with E-state index >= 15 is 0 Å². The summed E-state index contributed by atoms with van der Waals surface area (Å²) in [6.07, 6.45) is 4.70. The van der Waals surface area contributed by atoms with Crippen LogP contribution in [0.25, 0.3) is 0 Å². The van der Waals surface area contributed by atoms with E-state index in [1.54, 1.807) is 0 Å². The summed E-state index contributed by atoms with van der Waals surface area (Å²) in [7, 11) is 2.05. The van der Waals surface area contributed by atoms with Crippen LogP contribution in [0.2, 0.25) is 0 Å². The first-order valence-electron chi connectivity index (χ1n) is 7.31. The zero-order chi connectivity index (χ0) is 13.9. The van der Waals surface area contributed by atoms with Crippen molar-refractivity contribution in [2.45, 2.75) is 45.6 Å². The standard InChI is InChI=1S/C15H27N3S/c1-15(2,3)13-10-17-14(19-13)11-18-7-5-12(6-8-18)9-16-4/h10,12,16H,5-9,11H2,1-4H3. The molecule has 1 fully saturated rings. The van der Waals surface area contributed by atoms with E-state index in [9.17, 15) is 0 Å². The Balaban J connectivity index is 1.84. The third-order valence-corrected chi connectivity index (χ3v) is 5.26. The second-order valence-electron chi connectivity index (χ2n) is 6.65. The summed E-state index contributed by atoms with van der Waals surface area (Å²) < 4.78 is 0. The number of aromatic nitrogens is 1. The lowest BCUT2D eigenvalue weighted by atomic mass is 9.96. The van der Waals surface area contributed by atoms with Crippen molar-refractivity contribution in [3.8, 4) is 0 Å². The summed E-state index contributed by atoms with van der Waals surface area (Å²) in [6.45, 7) is 11.4. The van der Waals surface area contributed by atoms with Gasteiger partial charge in [-0.25, -0.2) is 4.98 Å². The number of hydrogen-bond acceptors (Lipinski definition) is 4. The fourth-order valence-electron chi connectivity index (χ4n) is 2.56. The monoisotopic (exact) mass is 281 g/mol. The molecule has 0 saturated carbocycles. The Hall–Kier alpha value is -0.450. The third-order valence-electron chi connectivity index (χ3n) is 3.85. The molecule has 1 aliphatic heterocycles. The van der Waals surface area contributed by atoms with Gasteiger partial charge in [0.05, 0.1) is 6.54 Å². The molecule has 2 heterocycles. The average molecular weight is 281 g/mol. The molecule has 0 bridgehead atoms. The van der Waals surface area contributed by atoms with Gasteiger partial charge in [0.1, 0.15) is 5.01 Å². The maximum absolute atomic E-state index is 4.60. The van der Waals surface area contributed by atoms with E-state index in [0.29, 0.717) is 0 Å². The van der Waals surface area contributed by atoms with Crippen LogP contribution in [0.5, 0.6) is 0 Å². The highest BCUT2D eigenvalue weighted by atomic mass is 32.1. The van der Waals surface area contributed by atoms with Gasteiger partial charge in [-0.1, -0.05) is 20.8 Å². The molecule has 0 atom stereocenters. The Morgan fingerprint density at radius 3 is 2.58 bits per heavy atom. The maximum Gasteiger partial charge on any atom is 0.107 e. The fourth-order valence-corrected chi connectivity index (χ4v) is 3.58. The lowest BCUT2D eigenvalue weighted by molar-refractivity contribution is 0.176. The van der Waals surface area contributed by atoms with Gasteiger partial charge in [0, 0.05) is 11.1 Å². The van der Waals surface area contributed by atoms with Crippen LogP contribution in [0.3, 0.4) is 0 Å². The molecule has 0 unspecified atom stereocenters. The predicted molar refractivity (Wildman–Crippen MR) is 82.7 cm³/mol. The zero-order valence-corrected chi connectivity index (χ0v) is 13.5. The van der Waals surface area contributed by atoms with Crippen LogP contribution >= 0.6 is 11.3 Å². The molecular weight excluding hydrogens is 254 g/mol. The van der Waals surface area contributed by atoms with Crippen LogP contribution in [-0.2, 0) is 12.0 Å². The van der Waals surface area contributed by atoms with Gasteiger partial charge in [-0.3, -0.25) is 4.90 Å². The SMILES string of the molecule is CNCC1CCN(Cc2ncc(C(C)(C)C)s2)CC1. The van der Waals surface area contributed by atoms with Crippen molar-refractivity contribution in [1.29, 1.82) is 0 Å². The van der Waals surface area contributed by atoms with Crippen molar-refractivity contribution in [2.75, 3.05) is 26.7 Å². The minimum atomic E-state index is 0.232. The van der Waals surface area contributed by atoms with Crippen LogP contribution < -0.4 is 5.32 Å². The Morgan fingerprint density at radius 1 is 1.37 bits per heavy atom. The van der Waals surface area contributed by atoms with Gasteiger partial charge < -0.3 is 5.32 Å². The summed E-state index contributed by atoms with van der Waals surface area (Å²) in [4.78, 5) is 8.55. The molecule has 19 heavy (non-hydrogen) atoms.